The van der Waals surface area contributed by atoms with Gasteiger partial charge >= 0.3 is 0 Å². The van der Waals surface area contributed by atoms with Gasteiger partial charge in [-0.05, 0) is 65.7 Å². The largest absolute Gasteiger partial charge is 0.496 e. The van der Waals surface area contributed by atoms with Crippen LogP contribution in [0.15, 0.2) is 6.20 Å². The summed E-state index contributed by atoms with van der Waals surface area (Å²) < 4.78 is 5.50. The van der Waals surface area contributed by atoms with E-state index in [1.54, 1.807) is 7.11 Å². The molecule has 2 rings (SSSR count). The summed E-state index contributed by atoms with van der Waals surface area (Å²) in [6, 6.07) is 0. The second-order valence-corrected chi connectivity index (χ2v) is 6.16. The van der Waals surface area contributed by atoms with E-state index in [9.17, 15) is 0 Å². The molecule has 1 aromatic heterocycles. The quantitative estimate of drug-likeness (QED) is 0.840. The third-order valence-electron chi connectivity index (χ3n) is 4.63. The summed E-state index contributed by atoms with van der Waals surface area (Å²) in [6.45, 7) is 8.63. The highest BCUT2D eigenvalue weighted by Crippen LogP contribution is 2.26. The van der Waals surface area contributed by atoms with Crippen LogP contribution in [0.1, 0.15) is 36.1 Å². The van der Waals surface area contributed by atoms with E-state index in [1.165, 1.54) is 37.9 Å². The van der Waals surface area contributed by atoms with Crippen molar-refractivity contribution < 1.29 is 4.74 Å². The maximum atomic E-state index is 5.50. The zero-order valence-corrected chi connectivity index (χ0v) is 16.4. The van der Waals surface area contributed by atoms with E-state index < -0.39 is 0 Å². The van der Waals surface area contributed by atoms with Crippen LogP contribution in [0, 0.1) is 19.8 Å². The van der Waals surface area contributed by atoms with E-state index in [4.69, 9.17) is 4.74 Å². The highest BCUT2D eigenvalue weighted by Gasteiger charge is 2.20. The monoisotopic (exact) mass is 363 g/mol. The van der Waals surface area contributed by atoms with Gasteiger partial charge in [0.2, 0.25) is 0 Å². The molecular formula is C17H31Cl2N3O. The summed E-state index contributed by atoms with van der Waals surface area (Å²) in [5, 5.41) is 3.25. The number of aryl methyl sites for hydroxylation is 1. The van der Waals surface area contributed by atoms with Gasteiger partial charge in [-0.25, -0.2) is 0 Å². The van der Waals surface area contributed by atoms with Gasteiger partial charge in [-0.3, -0.25) is 9.88 Å². The smallest absolute Gasteiger partial charge is 0.128 e. The van der Waals surface area contributed by atoms with Crippen LogP contribution in [0.4, 0.5) is 0 Å². The van der Waals surface area contributed by atoms with Gasteiger partial charge in [-0.2, -0.15) is 0 Å². The number of rotatable bonds is 6. The molecule has 2 heterocycles. The Morgan fingerprint density at radius 1 is 1.26 bits per heavy atom. The number of hydrogen-bond donors (Lipinski definition) is 1. The molecule has 0 saturated carbocycles. The molecule has 1 saturated heterocycles. The molecule has 1 aliphatic heterocycles. The average molecular weight is 364 g/mol. The molecule has 1 N–H and O–H groups in total. The van der Waals surface area contributed by atoms with Gasteiger partial charge in [0.25, 0.3) is 0 Å². The SMILES string of the molecule is CNCCC1CCN(Cc2ncc(C)c(OC)c2C)CC1.Cl.Cl. The molecule has 0 aromatic carbocycles. The van der Waals surface area contributed by atoms with Gasteiger partial charge in [0.1, 0.15) is 5.75 Å². The number of pyridine rings is 1. The molecule has 23 heavy (non-hydrogen) atoms. The Labute approximate surface area is 153 Å². The van der Waals surface area contributed by atoms with Crippen molar-refractivity contribution in [2.75, 3.05) is 33.8 Å². The van der Waals surface area contributed by atoms with Crippen LogP contribution in [-0.4, -0.2) is 43.7 Å². The van der Waals surface area contributed by atoms with Crippen LogP contribution in [0.2, 0.25) is 0 Å². The Bertz CT molecular complexity index is 463. The summed E-state index contributed by atoms with van der Waals surface area (Å²) in [4.78, 5) is 7.15. The minimum absolute atomic E-state index is 0. The Hall–Kier alpha value is -0.550. The zero-order valence-electron chi connectivity index (χ0n) is 14.7. The molecule has 1 aliphatic rings. The predicted octanol–water partition coefficient (Wildman–Crippen LogP) is 3.37. The fraction of sp³-hybridized carbons (Fsp3) is 0.706. The maximum absolute atomic E-state index is 5.50. The number of aromatic nitrogens is 1. The first-order valence-corrected chi connectivity index (χ1v) is 8.01. The molecule has 0 spiro atoms. The van der Waals surface area contributed by atoms with E-state index in [0.29, 0.717) is 0 Å². The minimum atomic E-state index is 0. The molecule has 1 fully saturated rings. The fourth-order valence-corrected chi connectivity index (χ4v) is 3.22. The summed E-state index contributed by atoms with van der Waals surface area (Å²) in [5.41, 5.74) is 3.46. The predicted molar refractivity (Wildman–Crippen MR) is 101 cm³/mol. The molecule has 0 atom stereocenters. The van der Waals surface area contributed by atoms with E-state index in [2.05, 4.69) is 29.0 Å². The molecule has 0 aliphatic carbocycles. The highest BCUT2D eigenvalue weighted by atomic mass is 35.5. The number of likely N-dealkylation sites (tertiary alicyclic amines) is 1. The van der Waals surface area contributed by atoms with Gasteiger partial charge in [-0.1, -0.05) is 0 Å². The number of methoxy groups -OCH3 is 1. The molecular weight excluding hydrogens is 333 g/mol. The molecule has 6 heteroatoms. The second kappa shape index (κ2) is 11.1. The molecule has 0 radical (unpaired) electrons. The van der Waals surface area contributed by atoms with E-state index in [1.807, 2.05) is 13.2 Å². The second-order valence-electron chi connectivity index (χ2n) is 6.16. The van der Waals surface area contributed by atoms with Crippen molar-refractivity contribution in [3.8, 4) is 5.75 Å². The Kier molecular flexibility index (Phi) is 10.8. The Morgan fingerprint density at radius 3 is 2.48 bits per heavy atom. The van der Waals surface area contributed by atoms with E-state index in [0.717, 1.165) is 36.0 Å². The van der Waals surface area contributed by atoms with Crippen LogP contribution in [0.25, 0.3) is 0 Å². The van der Waals surface area contributed by atoms with Gasteiger partial charge in [0, 0.05) is 23.9 Å². The first kappa shape index (κ1) is 22.4. The van der Waals surface area contributed by atoms with Crippen LogP contribution in [0.3, 0.4) is 0 Å². The summed E-state index contributed by atoms with van der Waals surface area (Å²) >= 11 is 0. The first-order chi connectivity index (χ1) is 10.2. The normalized spacial score (nSPS) is 15.7. The Balaban J connectivity index is 0.00000242. The summed E-state index contributed by atoms with van der Waals surface area (Å²) in [5.74, 6) is 1.87. The first-order valence-electron chi connectivity index (χ1n) is 8.01. The van der Waals surface area contributed by atoms with Crippen LogP contribution in [0.5, 0.6) is 5.75 Å². The molecule has 1 aromatic rings. The lowest BCUT2D eigenvalue weighted by atomic mass is 9.93. The molecule has 134 valence electrons. The van der Waals surface area contributed by atoms with Crippen molar-refractivity contribution >= 4 is 24.8 Å². The third kappa shape index (κ3) is 6.11. The van der Waals surface area contributed by atoms with Crippen molar-refractivity contribution in [3.63, 3.8) is 0 Å². The Morgan fingerprint density at radius 2 is 1.91 bits per heavy atom. The lowest BCUT2D eigenvalue weighted by Crippen LogP contribution is -2.34. The van der Waals surface area contributed by atoms with Crippen molar-refractivity contribution in [2.24, 2.45) is 5.92 Å². The standard InChI is InChI=1S/C17H29N3O.2ClH/c1-13-11-19-16(14(2)17(13)21-4)12-20-9-6-15(7-10-20)5-8-18-3;;/h11,15,18H,5-10,12H2,1-4H3;2*1H. The lowest BCUT2D eigenvalue weighted by Gasteiger charge is -2.32. The lowest BCUT2D eigenvalue weighted by molar-refractivity contribution is 0.170. The molecule has 4 nitrogen and oxygen atoms in total. The molecule has 0 amide bonds. The van der Waals surface area contributed by atoms with Crippen LogP contribution >= 0.6 is 24.8 Å². The van der Waals surface area contributed by atoms with Crippen molar-refractivity contribution in [3.05, 3.63) is 23.0 Å². The van der Waals surface area contributed by atoms with Crippen molar-refractivity contribution in [1.82, 2.24) is 15.2 Å². The van der Waals surface area contributed by atoms with Gasteiger partial charge < -0.3 is 10.1 Å². The summed E-state index contributed by atoms with van der Waals surface area (Å²) in [6.07, 6.45) is 5.86. The molecule has 0 bridgehead atoms. The highest BCUT2D eigenvalue weighted by molar-refractivity contribution is 5.85. The van der Waals surface area contributed by atoms with Crippen molar-refractivity contribution in [1.29, 1.82) is 0 Å². The number of halogens is 2. The molecule has 0 unspecified atom stereocenters. The maximum Gasteiger partial charge on any atom is 0.128 e. The number of hydrogen-bond acceptors (Lipinski definition) is 4. The van der Waals surface area contributed by atoms with Crippen LogP contribution < -0.4 is 10.1 Å². The van der Waals surface area contributed by atoms with Gasteiger partial charge in [-0.15, -0.1) is 24.8 Å². The minimum Gasteiger partial charge on any atom is -0.496 e. The van der Waals surface area contributed by atoms with Crippen LogP contribution in [-0.2, 0) is 6.54 Å². The van der Waals surface area contributed by atoms with Gasteiger partial charge in [0.15, 0.2) is 0 Å². The van der Waals surface area contributed by atoms with Crippen molar-refractivity contribution in [2.45, 2.75) is 39.7 Å². The topological polar surface area (TPSA) is 37.4 Å². The number of piperidine rings is 1. The van der Waals surface area contributed by atoms with Gasteiger partial charge in [0.05, 0.1) is 12.8 Å². The zero-order chi connectivity index (χ0) is 15.2. The number of nitrogens with zero attached hydrogens (tertiary/aromatic N) is 2. The summed E-state index contributed by atoms with van der Waals surface area (Å²) in [7, 11) is 3.78. The number of nitrogens with one attached hydrogen (secondary N) is 1. The number of ether oxygens (including phenoxy) is 1. The fourth-order valence-electron chi connectivity index (χ4n) is 3.22. The average Bonchev–Trinajstić information content (AvgIpc) is 2.50. The van der Waals surface area contributed by atoms with E-state index in [-0.39, 0.29) is 24.8 Å². The third-order valence-corrected chi connectivity index (χ3v) is 4.63. The van der Waals surface area contributed by atoms with E-state index >= 15 is 0 Å².